The highest BCUT2D eigenvalue weighted by Crippen LogP contribution is 2.39. The zero-order valence-electron chi connectivity index (χ0n) is 9.91. The van der Waals surface area contributed by atoms with Gasteiger partial charge in [-0.15, -0.1) is 0 Å². The van der Waals surface area contributed by atoms with Crippen LogP contribution in [-0.2, 0) is 12.7 Å². The van der Waals surface area contributed by atoms with Crippen molar-refractivity contribution < 1.29 is 17.9 Å². The molecule has 2 aromatic rings. The quantitative estimate of drug-likeness (QED) is 0.863. The summed E-state index contributed by atoms with van der Waals surface area (Å²) in [6.45, 7) is 0.145. The molecule has 0 spiro atoms. The first-order chi connectivity index (χ1) is 8.93. The second-order valence-electron chi connectivity index (χ2n) is 3.81. The van der Waals surface area contributed by atoms with Crippen LogP contribution in [0.25, 0.3) is 0 Å². The van der Waals surface area contributed by atoms with Gasteiger partial charge in [-0.3, -0.25) is 0 Å². The fourth-order valence-corrected chi connectivity index (χ4v) is 1.92. The van der Waals surface area contributed by atoms with Gasteiger partial charge in [-0.25, -0.2) is 4.68 Å². The molecule has 0 N–H and O–H groups in total. The maximum Gasteiger partial charge on any atom is 0.438 e. The Morgan fingerprint density at radius 3 is 2.37 bits per heavy atom. The molecule has 1 aromatic carbocycles. The summed E-state index contributed by atoms with van der Waals surface area (Å²) in [5.41, 5.74) is -0.320. The number of benzene rings is 1. The highest BCUT2D eigenvalue weighted by Gasteiger charge is 2.40. The van der Waals surface area contributed by atoms with Gasteiger partial charge < -0.3 is 4.74 Å². The van der Waals surface area contributed by atoms with Crippen LogP contribution in [0.15, 0.2) is 30.3 Å². The van der Waals surface area contributed by atoms with Gasteiger partial charge in [0, 0.05) is 0 Å². The van der Waals surface area contributed by atoms with Crippen molar-refractivity contribution in [2.75, 3.05) is 7.11 Å². The second-order valence-corrected chi connectivity index (χ2v) is 4.17. The van der Waals surface area contributed by atoms with Crippen molar-refractivity contribution in [1.82, 2.24) is 9.78 Å². The van der Waals surface area contributed by atoms with E-state index in [-0.39, 0.29) is 11.7 Å². The molecule has 3 nitrogen and oxygen atoms in total. The lowest BCUT2D eigenvalue weighted by Crippen LogP contribution is -2.09. The van der Waals surface area contributed by atoms with E-state index >= 15 is 0 Å². The molecule has 0 saturated heterocycles. The van der Waals surface area contributed by atoms with Crippen molar-refractivity contribution in [3.8, 4) is 5.75 Å². The standard InChI is InChI=1S/C12H10ClF3N2O/c1-19-9-10(12(14,15)16)17-18(11(9)13)7-8-5-3-2-4-6-8/h2-6H,7H2,1H3. The Morgan fingerprint density at radius 1 is 1.26 bits per heavy atom. The van der Waals surface area contributed by atoms with Crippen LogP contribution in [0.4, 0.5) is 13.2 Å². The Balaban J connectivity index is 2.40. The van der Waals surface area contributed by atoms with Gasteiger partial charge in [0.2, 0.25) is 5.69 Å². The van der Waals surface area contributed by atoms with E-state index in [1.54, 1.807) is 24.3 Å². The van der Waals surface area contributed by atoms with Gasteiger partial charge in [-0.2, -0.15) is 18.3 Å². The predicted octanol–water partition coefficient (Wildman–Crippen LogP) is 3.61. The molecular formula is C12H10ClF3N2O. The number of rotatable bonds is 3. The summed E-state index contributed by atoms with van der Waals surface area (Å²) in [5.74, 6) is -0.454. The fourth-order valence-electron chi connectivity index (χ4n) is 1.65. The summed E-state index contributed by atoms with van der Waals surface area (Å²) in [5, 5.41) is 3.31. The van der Waals surface area contributed by atoms with E-state index in [1.165, 1.54) is 0 Å². The van der Waals surface area contributed by atoms with E-state index in [0.29, 0.717) is 0 Å². The lowest BCUT2D eigenvalue weighted by Gasteiger charge is -2.03. The van der Waals surface area contributed by atoms with Crippen LogP contribution < -0.4 is 4.74 Å². The molecule has 0 amide bonds. The molecule has 1 heterocycles. The number of nitrogens with zero attached hydrogens (tertiary/aromatic N) is 2. The van der Waals surface area contributed by atoms with E-state index in [4.69, 9.17) is 11.6 Å². The molecular weight excluding hydrogens is 281 g/mol. The summed E-state index contributed by atoms with van der Waals surface area (Å²) in [4.78, 5) is 0. The van der Waals surface area contributed by atoms with E-state index in [2.05, 4.69) is 9.84 Å². The largest absolute Gasteiger partial charge is 0.491 e. The second kappa shape index (κ2) is 5.13. The predicted molar refractivity (Wildman–Crippen MR) is 64.3 cm³/mol. The zero-order valence-corrected chi connectivity index (χ0v) is 10.7. The van der Waals surface area contributed by atoms with Crippen LogP contribution in [0.3, 0.4) is 0 Å². The molecule has 0 aliphatic carbocycles. The molecule has 19 heavy (non-hydrogen) atoms. The van der Waals surface area contributed by atoms with Gasteiger partial charge in [-0.1, -0.05) is 41.9 Å². The van der Waals surface area contributed by atoms with E-state index in [0.717, 1.165) is 17.4 Å². The highest BCUT2D eigenvalue weighted by molar-refractivity contribution is 6.31. The Kier molecular flexibility index (Phi) is 3.71. The van der Waals surface area contributed by atoms with Crippen molar-refractivity contribution in [3.05, 3.63) is 46.7 Å². The van der Waals surface area contributed by atoms with Crippen LogP contribution in [0.1, 0.15) is 11.3 Å². The van der Waals surface area contributed by atoms with Gasteiger partial charge >= 0.3 is 6.18 Å². The van der Waals surface area contributed by atoms with Gasteiger partial charge in [-0.05, 0) is 5.56 Å². The normalized spacial score (nSPS) is 11.6. The Bertz CT molecular complexity index is 566. The Morgan fingerprint density at radius 2 is 1.89 bits per heavy atom. The molecule has 0 aliphatic rings. The molecule has 7 heteroatoms. The molecule has 0 atom stereocenters. The number of hydrogen-bond donors (Lipinski definition) is 0. The van der Waals surface area contributed by atoms with Gasteiger partial charge in [0.1, 0.15) is 0 Å². The minimum Gasteiger partial charge on any atom is -0.491 e. The van der Waals surface area contributed by atoms with Gasteiger partial charge in [0.15, 0.2) is 10.9 Å². The summed E-state index contributed by atoms with van der Waals surface area (Å²) < 4.78 is 44.0. The number of ether oxygens (including phenoxy) is 1. The van der Waals surface area contributed by atoms with Crippen molar-refractivity contribution in [1.29, 1.82) is 0 Å². The van der Waals surface area contributed by atoms with Gasteiger partial charge in [0.05, 0.1) is 13.7 Å². The van der Waals surface area contributed by atoms with Crippen molar-refractivity contribution in [2.24, 2.45) is 0 Å². The Hall–Kier alpha value is -1.69. The van der Waals surface area contributed by atoms with Gasteiger partial charge in [0.25, 0.3) is 0 Å². The zero-order chi connectivity index (χ0) is 14.0. The third-order valence-electron chi connectivity index (χ3n) is 2.50. The molecule has 0 bridgehead atoms. The lowest BCUT2D eigenvalue weighted by molar-refractivity contribution is -0.142. The van der Waals surface area contributed by atoms with Crippen LogP contribution in [0.5, 0.6) is 5.75 Å². The maximum absolute atomic E-state index is 12.8. The lowest BCUT2D eigenvalue weighted by atomic mass is 10.2. The summed E-state index contributed by atoms with van der Waals surface area (Å²) in [7, 11) is 1.13. The van der Waals surface area contributed by atoms with Crippen molar-refractivity contribution in [3.63, 3.8) is 0 Å². The summed E-state index contributed by atoms with van der Waals surface area (Å²) in [6, 6.07) is 8.94. The van der Waals surface area contributed by atoms with Crippen LogP contribution in [0, 0.1) is 0 Å². The van der Waals surface area contributed by atoms with Crippen molar-refractivity contribution in [2.45, 2.75) is 12.7 Å². The third-order valence-corrected chi connectivity index (χ3v) is 2.86. The van der Waals surface area contributed by atoms with Crippen LogP contribution in [0.2, 0.25) is 5.15 Å². The minimum absolute atomic E-state index is 0.145. The molecule has 0 aliphatic heterocycles. The number of halogens is 4. The first-order valence-corrected chi connectivity index (χ1v) is 5.72. The van der Waals surface area contributed by atoms with Crippen LogP contribution in [-0.4, -0.2) is 16.9 Å². The monoisotopic (exact) mass is 290 g/mol. The number of hydrogen-bond acceptors (Lipinski definition) is 2. The minimum atomic E-state index is -4.60. The smallest absolute Gasteiger partial charge is 0.438 e. The molecule has 0 radical (unpaired) electrons. The topological polar surface area (TPSA) is 27.1 Å². The van der Waals surface area contributed by atoms with E-state index < -0.39 is 17.6 Å². The van der Waals surface area contributed by atoms with E-state index in [9.17, 15) is 13.2 Å². The maximum atomic E-state index is 12.8. The first kappa shape index (κ1) is 13.7. The molecule has 0 saturated carbocycles. The first-order valence-electron chi connectivity index (χ1n) is 5.35. The molecule has 0 unspecified atom stereocenters. The Labute approximate surface area is 112 Å². The molecule has 2 rings (SSSR count). The molecule has 0 fully saturated rings. The number of methoxy groups -OCH3 is 1. The number of aromatic nitrogens is 2. The van der Waals surface area contributed by atoms with E-state index in [1.807, 2.05) is 6.07 Å². The SMILES string of the molecule is COc1c(C(F)(F)F)nn(Cc2ccccc2)c1Cl. The third kappa shape index (κ3) is 2.84. The van der Waals surface area contributed by atoms with Crippen LogP contribution >= 0.6 is 11.6 Å². The average molecular weight is 291 g/mol. The van der Waals surface area contributed by atoms with Crippen molar-refractivity contribution >= 4 is 11.6 Å². The molecule has 1 aromatic heterocycles. The highest BCUT2D eigenvalue weighted by atomic mass is 35.5. The summed E-state index contributed by atoms with van der Waals surface area (Å²) >= 11 is 5.86. The average Bonchev–Trinajstić information content (AvgIpc) is 2.67. The fraction of sp³-hybridized carbons (Fsp3) is 0.250. The number of alkyl halides is 3. The summed E-state index contributed by atoms with van der Waals surface area (Å²) in [6.07, 6.45) is -4.60. The molecule has 102 valence electrons.